The van der Waals surface area contributed by atoms with E-state index in [-0.39, 0.29) is 0 Å². The Bertz CT molecular complexity index is 321. The summed E-state index contributed by atoms with van der Waals surface area (Å²) in [5.41, 5.74) is 2.83. The first-order chi connectivity index (χ1) is 7.36. The molecule has 0 spiro atoms. The molecule has 0 radical (unpaired) electrons. The van der Waals surface area contributed by atoms with Gasteiger partial charge in [0.05, 0.1) is 7.11 Å². The number of hydrogen-bond acceptors (Lipinski definition) is 2. The third-order valence-electron chi connectivity index (χ3n) is 3.09. The van der Waals surface area contributed by atoms with Gasteiger partial charge in [0.25, 0.3) is 0 Å². The molecule has 2 nitrogen and oxygen atoms in total. The smallest absolute Gasteiger partial charge is 0.123 e. The summed E-state index contributed by atoms with van der Waals surface area (Å²) in [6.45, 7) is 3.32. The predicted octanol–water partition coefficient (Wildman–Crippen LogP) is 2.68. The molecule has 0 saturated carbocycles. The van der Waals surface area contributed by atoms with Gasteiger partial charge in [0.1, 0.15) is 5.75 Å². The normalized spacial score (nSPS) is 19.7. The van der Waals surface area contributed by atoms with Crippen molar-refractivity contribution in [3.05, 3.63) is 29.3 Å². The minimum Gasteiger partial charge on any atom is -0.496 e. The second-order valence-corrected chi connectivity index (χ2v) is 4.08. The highest BCUT2D eigenvalue weighted by atomic mass is 16.5. The van der Waals surface area contributed by atoms with Gasteiger partial charge in [-0.25, -0.2) is 0 Å². The van der Waals surface area contributed by atoms with Crippen LogP contribution in [-0.2, 0) is 6.42 Å². The molecule has 1 unspecified atom stereocenters. The molecule has 0 saturated heterocycles. The topological polar surface area (TPSA) is 21.3 Å². The maximum Gasteiger partial charge on any atom is 0.123 e. The molecular formula is C13H19NO. The largest absolute Gasteiger partial charge is 0.496 e. The first-order valence-corrected chi connectivity index (χ1v) is 5.76. The summed E-state index contributed by atoms with van der Waals surface area (Å²) in [5, 5.41) is 3.57. The lowest BCUT2D eigenvalue weighted by Crippen LogP contribution is -2.30. The minimum absolute atomic E-state index is 0.481. The van der Waals surface area contributed by atoms with E-state index in [0.717, 1.165) is 18.7 Å². The van der Waals surface area contributed by atoms with Crippen LogP contribution < -0.4 is 10.1 Å². The minimum atomic E-state index is 0.481. The van der Waals surface area contributed by atoms with Gasteiger partial charge in [-0.2, -0.15) is 0 Å². The van der Waals surface area contributed by atoms with E-state index in [4.69, 9.17) is 4.74 Å². The molecule has 15 heavy (non-hydrogen) atoms. The molecule has 1 heterocycles. The zero-order valence-electron chi connectivity index (χ0n) is 9.55. The van der Waals surface area contributed by atoms with Crippen LogP contribution in [0.4, 0.5) is 0 Å². The molecule has 0 amide bonds. The highest BCUT2D eigenvalue weighted by Gasteiger charge is 2.22. The van der Waals surface area contributed by atoms with Crippen molar-refractivity contribution in [2.45, 2.75) is 32.2 Å². The Morgan fingerprint density at radius 3 is 3.07 bits per heavy atom. The summed E-state index contributed by atoms with van der Waals surface area (Å²) in [6, 6.07) is 6.86. The van der Waals surface area contributed by atoms with E-state index in [9.17, 15) is 0 Å². The van der Waals surface area contributed by atoms with Crippen LogP contribution in [0.1, 0.15) is 36.9 Å². The molecule has 0 fully saturated rings. The molecule has 82 valence electrons. The van der Waals surface area contributed by atoms with Crippen LogP contribution in [0.3, 0.4) is 0 Å². The van der Waals surface area contributed by atoms with Crippen LogP contribution >= 0.6 is 0 Å². The van der Waals surface area contributed by atoms with Gasteiger partial charge >= 0.3 is 0 Å². The van der Waals surface area contributed by atoms with Gasteiger partial charge in [0, 0.05) is 11.6 Å². The van der Waals surface area contributed by atoms with Crippen LogP contribution in [0, 0.1) is 0 Å². The molecule has 1 aromatic rings. The number of methoxy groups -OCH3 is 1. The molecule has 2 rings (SSSR count). The Morgan fingerprint density at radius 2 is 2.33 bits per heavy atom. The number of ether oxygens (including phenoxy) is 1. The third kappa shape index (κ3) is 2.00. The van der Waals surface area contributed by atoms with Crippen LogP contribution in [0.15, 0.2) is 18.2 Å². The maximum absolute atomic E-state index is 5.45. The highest BCUT2D eigenvalue weighted by Crippen LogP contribution is 2.33. The SMILES string of the molecule is CCCC1NCCc2cccc(OC)c21. The number of rotatable bonds is 3. The summed E-state index contributed by atoms with van der Waals surface area (Å²) in [6.07, 6.45) is 3.51. The molecule has 0 aromatic heterocycles. The zero-order chi connectivity index (χ0) is 10.7. The zero-order valence-corrected chi connectivity index (χ0v) is 9.55. The molecule has 1 aromatic carbocycles. The quantitative estimate of drug-likeness (QED) is 0.819. The molecule has 0 aliphatic carbocycles. The summed E-state index contributed by atoms with van der Waals surface area (Å²) >= 11 is 0. The van der Waals surface area contributed by atoms with Crippen LogP contribution in [0.25, 0.3) is 0 Å². The summed E-state index contributed by atoms with van der Waals surface area (Å²) in [7, 11) is 1.76. The van der Waals surface area contributed by atoms with E-state index >= 15 is 0 Å². The lowest BCUT2D eigenvalue weighted by Gasteiger charge is -2.28. The second kappa shape index (κ2) is 4.67. The van der Waals surface area contributed by atoms with Crippen molar-refractivity contribution in [2.24, 2.45) is 0 Å². The van der Waals surface area contributed by atoms with Crippen molar-refractivity contribution in [3.8, 4) is 5.75 Å². The Labute approximate surface area is 91.6 Å². The second-order valence-electron chi connectivity index (χ2n) is 4.08. The van der Waals surface area contributed by atoms with E-state index < -0.39 is 0 Å². The summed E-state index contributed by atoms with van der Waals surface area (Å²) in [4.78, 5) is 0. The van der Waals surface area contributed by atoms with Gasteiger partial charge in [0.15, 0.2) is 0 Å². The van der Waals surface area contributed by atoms with Crippen molar-refractivity contribution in [1.82, 2.24) is 5.32 Å². The van der Waals surface area contributed by atoms with E-state index in [1.807, 2.05) is 0 Å². The molecule has 1 aliphatic rings. The summed E-state index contributed by atoms with van der Waals surface area (Å²) in [5.74, 6) is 1.04. The van der Waals surface area contributed by atoms with Gasteiger partial charge < -0.3 is 10.1 Å². The first kappa shape index (κ1) is 10.5. The van der Waals surface area contributed by atoms with E-state index in [1.54, 1.807) is 7.11 Å². The van der Waals surface area contributed by atoms with Gasteiger partial charge in [0.2, 0.25) is 0 Å². The highest BCUT2D eigenvalue weighted by molar-refractivity contribution is 5.44. The fourth-order valence-electron chi connectivity index (χ4n) is 2.40. The van der Waals surface area contributed by atoms with Crippen LogP contribution in [-0.4, -0.2) is 13.7 Å². The van der Waals surface area contributed by atoms with Crippen molar-refractivity contribution in [1.29, 1.82) is 0 Å². The van der Waals surface area contributed by atoms with Crippen LogP contribution in [0.5, 0.6) is 5.75 Å². The first-order valence-electron chi connectivity index (χ1n) is 5.76. The van der Waals surface area contributed by atoms with Crippen molar-refractivity contribution >= 4 is 0 Å². The lowest BCUT2D eigenvalue weighted by molar-refractivity contribution is 0.386. The average molecular weight is 205 g/mol. The van der Waals surface area contributed by atoms with Gasteiger partial charge in [-0.05, 0) is 31.0 Å². The number of hydrogen-bond donors (Lipinski definition) is 1. The standard InChI is InChI=1S/C13H19NO/c1-3-5-11-13-10(8-9-14-11)6-4-7-12(13)15-2/h4,6-7,11,14H,3,5,8-9H2,1-2H3. The predicted molar refractivity (Wildman–Crippen MR) is 62.3 cm³/mol. The number of nitrogens with one attached hydrogen (secondary N) is 1. The van der Waals surface area contributed by atoms with E-state index in [0.29, 0.717) is 6.04 Å². The molecule has 0 bridgehead atoms. The number of benzene rings is 1. The van der Waals surface area contributed by atoms with Crippen molar-refractivity contribution in [2.75, 3.05) is 13.7 Å². The van der Waals surface area contributed by atoms with E-state index in [2.05, 4.69) is 30.4 Å². The fourth-order valence-corrected chi connectivity index (χ4v) is 2.40. The fraction of sp³-hybridized carbons (Fsp3) is 0.538. The Balaban J connectivity index is 2.38. The monoisotopic (exact) mass is 205 g/mol. The summed E-state index contributed by atoms with van der Waals surface area (Å²) < 4.78 is 5.45. The molecular weight excluding hydrogens is 186 g/mol. The number of fused-ring (bicyclic) bond motifs is 1. The van der Waals surface area contributed by atoms with Crippen molar-refractivity contribution < 1.29 is 4.74 Å². The Kier molecular flexibility index (Phi) is 3.27. The van der Waals surface area contributed by atoms with Gasteiger partial charge in [-0.1, -0.05) is 25.5 Å². The lowest BCUT2D eigenvalue weighted by atomic mass is 9.91. The van der Waals surface area contributed by atoms with Crippen LogP contribution in [0.2, 0.25) is 0 Å². The Morgan fingerprint density at radius 1 is 1.47 bits per heavy atom. The van der Waals surface area contributed by atoms with Crippen molar-refractivity contribution in [3.63, 3.8) is 0 Å². The Hall–Kier alpha value is -1.02. The van der Waals surface area contributed by atoms with Gasteiger partial charge in [-0.3, -0.25) is 0 Å². The third-order valence-corrected chi connectivity index (χ3v) is 3.09. The van der Waals surface area contributed by atoms with E-state index in [1.165, 1.54) is 24.0 Å². The molecule has 1 aliphatic heterocycles. The molecule has 2 heteroatoms. The molecule has 1 atom stereocenters. The maximum atomic E-state index is 5.45. The van der Waals surface area contributed by atoms with Gasteiger partial charge in [-0.15, -0.1) is 0 Å². The molecule has 1 N–H and O–H groups in total. The average Bonchev–Trinajstić information content (AvgIpc) is 2.29.